The molecule has 0 aliphatic rings. The third kappa shape index (κ3) is 6.76. The highest BCUT2D eigenvalue weighted by Crippen LogP contribution is 2.18. The Balaban J connectivity index is 2.05. The molecule has 0 saturated heterocycles. The molecule has 2 aromatic rings. The fraction of sp³-hybridized carbons (Fsp3) is 0.238. The molecule has 0 unspecified atom stereocenters. The number of esters is 1. The molecule has 0 heterocycles. The lowest BCUT2D eigenvalue weighted by atomic mass is 10.0. The van der Waals surface area contributed by atoms with Gasteiger partial charge in [0, 0.05) is 12.6 Å². The zero-order chi connectivity index (χ0) is 21.2. The molecule has 0 bridgehead atoms. The summed E-state index contributed by atoms with van der Waals surface area (Å²) in [6.07, 6.45) is -1.35. The molecule has 4 amide bonds. The van der Waals surface area contributed by atoms with Crippen molar-refractivity contribution >= 4 is 23.8 Å². The van der Waals surface area contributed by atoms with Crippen LogP contribution in [0.2, 0.25) is 0 Å². The maximum Gasteiger partial charge on any atom is 0.321 e. The zero-order valence-electron chi connectivity index (χ0n) is 16.2. The van der Waals surface area contributed by atoms with Crippen molar-refractivity contribution in [3.05, 3.63) is 71.8 Å². The van der Waals surface area contributed by atoms with Crippen LogP contribution in [-0.4, -0.2) is 37.0 Å². The smallest absolute Gasteiger partial charge is 0.321 e. The van der Waals surface area contributed by atoms with E-state index in [9.17, 15) is 19.2 Å². The van der Waals surface area contributed by atoms with Crippen molar-refractivity contribution in [2.75, 3.05) is 7.05 Å². The number of carbonyl (C=O) groups excluding carboxylic acids is 4. The lowest BCUT2D eigenvalue weighted by molar-refractivity contribution is -0.154. The fourth-order valence-electron chi connectivity index (χ4n) is 2.51. The van der Waals surface area contributed by atoms with Crippen LogP contribution in [0.15, 0.2) is 60.7 Å². The monoisotopic (exact) mass is 397 g/mol. The van der Waals surface area contributed by atoms with Crippen LogP contribution < -0.4 is 16.0 Å². The first-order valence-electron chi connectivity index (χ1n) is 9.03. The summed E-state index contributed by atoms with van der Waals surface area (Å²) in [5.41, 5.74) is 1.18. The molecule has 0 aromatic heterocycles. The predicted octanol–water partition coefficient (Wildman–Crippen LogP) is 1.94. The summed E-state index contributed by atoms with van der Waals surface area (Å²) in [6, 6.07) is 16.2. The number of carbonyl (C=O) groups is 4. The average molecular weight is 397 g/mol. The van der Waals surface area contributed by atoms with E-state index in [2.05, 4.69) is 10.6 Å². The lowest BCUT2D eigenvalue weighted by Gasteiger charge is -2.20. The Hall–Kier alpha value is -3.68. The summed E-state index contributed by atoms with van der Waals surface area (Å²) in [4.78, 5) is 47.9. The molecule has 29 heavy (non-hydrogen) atoms. The molecular weight excluding hydrogens is 374 g/mol. The Bertz CT molecular complexity index is 855. The van der Waals surface area contributed by atoms with Gasteiger partial charge in [-0.2, -0.15) is 0 Å². The Morgan fingerprint density at radius 2 is 1.52 bits per heavy atom. The van der Waals surface area contributed by atoms with E-state index in [4.69, 9.17) is 4.74 Å². The molecule has 8 nitrogen and oxygen atoms in total. The highest BCUT2D eigenvalue weighted by atomic mass is 16.5. The van der Waals surface area contributed by atoms with Crippen LogP contribution in [0.25, 0.3) is 0 Å². The average Bonchev–Trinajstić information content (AvgIpc) is 2.74. The Morgan fingerprint density at radius 1 is 0.931 bits per heavy atom. The van der Waals surface area contributed by atoms with Crippen molar-refractivity contribution in [3.63, 3.8) is 0 Å². The second kappa shape index (κ2) is 10.6. The van der Waals surface area contributed by atoms with Gasteiger partial charge in [0.15, 0.2) is 6.10 Å². The Morgan fingerprint density at radius 3 is 2.10 bits per heavy atom. The van der Waals surface area contributed by atoms with E-state index in [1.54, 1.807) is 54.6 Å². The first-order valence-corrected chi connectivity index (χ1v) is 9.03. The summed E-state index contributed by atoms with van der Waals surface area (Å²) in [5, 5.41) is 7.09. The highest BCUT2D eigenvalue weighted by molar-refractivity contribution is 5.97. The van der Waals surface area contributed by atoms with Crippen molar-refractivity contribution in [2.24, 2.45) is 0 Å². The molecular formula is C21H23N3O5. The number of hydrogen-bond acceptors (Lipinski definition) is 5. The maximum atomic E-state index is 12.5. The largest absolute Gasteiger partial charge is 0.452 e. The van der Waals surface area contributed by atoms with Gasteiger partial charge in [0.1, 0.15) is 0 Å². The molecule has 0 spiro atoms. The minimum atomic E-state index is -1.17. The summed E-state index contributed by atoms with van der Waals surface area (Å²) in [5.74, 6) is -1.77. The number of amides is 4. The third-order valence-corrected chi connectivity index (χ3v) is 4.06. The second-order valence-electron chi connectivity index (χ2n) is 6.21. The van der Waals surface area contributed by atoms with Crippen LogP contribution >= 0.6 is 0 Å². The standard InChI is InChI=1S/C21H23N3O5/c1-14(19(26)24-21(28)22-2)29-18(25)13-17(15-9-5-3-6-10-15)23-20(27)16-11-7-4-8-12-16/h3-12,14,17H,13H2,1-2H3,(H,23,27)(H2,22,24,26,28)/t14-,17-/m1/s1. The van der Waals surface area contributed by atoms with E-state index < -0.39 is 30.1 Å². The molecule has 0 aliphatic carbocycles. The van der Waals surface area contributed by atoms with Gasteiger partial charge in [0.2, 0.25) is 0 Å². The molecule has 8 heteroatoms. The number of urea groups is 1. The lowest BCUT2D eigenvalue weighted by Crippen LogP contribution is -2.43. The van der Waals surface area contributed by atoms with Gasteiger partial charge in [-0.3, -0.25) is 19.7 Å². The van der Waals surface area contributed by atoms with Gasteiger partial charge in [-0.25, -0.2) is 4.79 Å². The molecule has 0 saturated carbocycles. The minimum absolute atomic E-state index is 0.180. The molecule has 2 aromatic carbocycles. The van der Waals surface area contributed by atoms with Gasteiger partial charge in [0.05, 0.1) is 12.5 Å². The quantitative estimate of drug-likeness (QED) is 0.618. The van der Waals surface area contributed by atoms with E-state index in [1.807, 2.05) is 11.4 Å². The fourth-order valence-corrected chi connectivity index (χ4v) is 2.51. The second-order valence-corrected chi connectivity index (χ2v) is 6.21. The van der Waals surface area contributed by atoms with E-state index in [-0.39, 0.29) is 12.3 Å². The van der Waals surface area contributed by atoms with E-state index in [1.165, 1.54) is 14.0 Å². The Kier molecular flexibility index (Phi) is 7.90. The van der Waals surface area contributed by atoms with E-state index >= 15 is 0 Å². The van der Waals surface area contributed by atoms with Gasteiger partial charge in [-0.05, 0) is 24.6 Å². The van der Waals surface area contributed by atoms with Crippen molar-refractivity contribution in [1.82, 2.24) is 16.0 Å². The zero-order valence-corrected chi connectivity index (χ0v) is 16.2. The van der Waals surface area contributed by atoms with Gasteiger partial charge >= 0.3 is 12.0 Å². The van der Waals surface area contributed by atoms with Crippen molar-refractivity contribution in [3.8, 4) is 0 Å². The van der Waals surface area contributed by atoms with Crippen LogP contribution in [0.3, 0.4) is 0 Å². The topological polar surface area (TPSA) is 114 Å². The summed E-state index contributed by atoms with van der Waals surface area (Å²) in [6.45, 7) is 1.36. The molecule has 0 aliphatic heterocycles. The van der Waals surface area contributed by atoms with Crippen molar-refractivity contribution in [2.45, 2.75) is 25.5 Å². The van der Waals surface area contributed by atoms with Crippen molar-refractivity contribution < 1.29 is 23.9 Å². The van der Waals surface area contributed by atoms with Crippen molar-refractivity contribution in [1.29, 1.82) is 0 Å². The molecule has 2 atom stereocenters. The number of benzene rings is 2. The van der Waals surface area contributed by atoms with Gasteiger partial charge in [-0.1, -0.05) is 48.5 Å². The minimum Gasteiger partial charge on any atom is -0.452 e. The van der Waals surface area contributed by atoms with Crippen LogP contribution in [0, 0.1) is 0 Å². The number of nitrogens with one attached hydrogen (secondary N) is 3. The Labute approximate surface area is 168 Å². The summed E-state index contributed by atoms with van der Waals surface area (Å²) in [7, 11) is 1.36. The van der Waals surface area contributed by atoms with E-state index in [0.29, 0.717) is 5.56 Å². The third-order valence-electron chi connectivity index (χ3n) is 4.06. The first-order chi connectivity index (χ1) is 13.9. The van der Waals surface area contributed by atoms with Crippen LogP contribution in [0.1, 0.15) is 35.3 Å². The van der Waals surface area contributed by atoms with Gasteiger partial charge < -0.3 is 15.4 Å². The number of imide groups is 1. The summed E-state index contributed by atoms with van der Waals surface area (Å²) >= 11 is 0. The number of ether oxygens (including phenoxy) is 1. The first kappa shape index (κ1) is 21.6. The highest BCUT2D eigenvalue weighted by Gasteiger charge is 2.24. The molecule has 2 rings (SSSR count). The normalized spacial score (nSPS) is 12.2. The van der Waals surface area contributed by atoms with Crippen LogP contribution in [-0.2, 0) is 14.3 Å². The molecule has 0 fully saturated rings. The summed E-state index contributed by atoms with van der Waals surface area (Å²) < 4.78 is 5.11. The number of rotatable bonds is 7. The number of hydrogen-bond donors (Lipinski definition) is 3. The SMILES string of the molecule is CNC(=O)NC(=O)[C@@H](C)OC(=O)C[C@@H](NC(=O)c1ccccc1)c1ccccc1. The predicted molar refractivity (Wildman–Crippen MR) is 106 cm³/mol. The molecule has 0 radical (unpaired) electrons. The van der Waals surface area contributed by atoms with Gasteiger partial charge in [-0.15, -0.1) is 0 Å². The molecule has 152 valence electrons. The maximum absolute atomic E-state index is 12.5. The molecule has 3 N–H and O–H groups in total. The van der Waals surface area contributed by atoms with Crippen LogP contribution in [0.5, 0.6) is 0 Å². The van der Waals surface area contributed by atoms with E-state index in [0.717, 1.165) is 5.56 Å². The van der Waals surface area contributed by atoms with Crippen LogP contribution in [0.4, 0.5) is 4.79 Å². The van der Waals surface area contributed by atoms with Gasteiger partial charge in [0.25, 0.3) is 11.8 Å².